The molecule has 0 aliphatic heterocycles. The summed E-state index contributed by atoms with van der Waals surface area (Å²) in [6.45, 7) is 12.1. The molecule has 38 heavy (non-hydrogen) atoms. The highest BCUT2D eigenvalue weighted by Gasteiger charge is 2.32. The lowest BCUT2D eigenvalue weighted by Gasteiger charge is -2.28. The summed E-state index contributed by atoms with van der Waals surface area (Å²) in [5, 5.41) is 9.87. The smallest absolute Gasteiger partial charge is 0.330 e. The number of carbonyl (C=O) groups excluding carboxylic acids is 3. The van der Waals surface area contributed by atoms with Crippen molar-refractivity contribution in [1.82, 2.24) is 0 Å². The zero-order chi connectivity index (χ0) is 28.3. The van der Waals surface area contributed by atoms with Crippen molar-refractivity contribution < 1.29 is 43.2 Å². The normalized spacial score (nSPS) is 12.5. The van der Waals surface area contributed by atoms with Crippen molar-refractivity contribution in [3.8, 4) is 11.5 Å². The lowest BCUT2D eigenvalue weighted by atomic mass is 9.96. The van der Waals surface area contributed by atoms with Crippen LogP contribution in [0.5, 0.6) is 11.5 Å². The highest BCUT2D eigenvalue weighted by Crippen LogP contribution is 2.25. The van der Waals surface area contributed by atoms with Gasteiger partial charge in [-0.1, -0.05) is 6.58 Å². The minimum Gasteiger partial charge on any atom is -0.460 e. The van der Waals surface area contributed by atoms with Gasteiger partial charge in [-0.15, -0.1) is 0 Å². The van der Waals surface area contributed by atoms with E-state index in [4.69, 9.17) is 23.7 Å². The molecule has 0 aliphatic carbocycles. The van der Waals surface area contributed by atoms with Gasteiger partial charge in [0.2, 0.25) is 0 Å². The van der Waals surface area contributed by atoms with E-state index in [0.717, 1.165) is 6.08 Å². The van der Waals surface area contributed by atoms with Gasteiger partial charge in [0.1, 0.15) is 29.3 Å². The van der Waals surface area contributed by atoms with Crippen LogP contribution in [0.4, 0.5) is 0 Å². The van der Waals surface area contributed by atoms with Gasteiger partial charge in [-0.25, -0.2) is 4.79 Å². The molecule has 2 aromatic rings. The largest absolute Gasteiger partial charge is 0.460 e. The molecule has 0 spiro atoms. The second-order valence-corrected chi connectivity index (χ2v) is 9.42. The number of hydrogen-bond acceptors (Lipinski definition) is 9. The highest BCUT2D eigenvalue weighted by molar-refractivity contribution is 6.02. The van der Waals surface area contributed by atoms with Gasteiger partial charge >= 0.3 is 5.97 Å². The molecule has 0 aromatic heterocycles. The van der Waals surface area contributed by atoms with Gasteiger partial charge in [-0.05, 0) is 83.1 Å². The van der Waals surface area contributed by atoms with Gasteiger partial charge < -0.3 is 28.8 Å². The van der Waals surface area contributed by atoms with Gasteiger partial charge in [0, 0.05) is 17.2 Å². The first-order valence-electron chi connectivity index (χ1n) is 12.2. The number of benzene rings is 2. The van der Waals surface area contributed by atoms with E-state index in [9.17, 15) is 19.5 Å². The molecule has 1 unspecified atom stereocenters. The number of Topliss-reactive ketones (excluding diaryl/α,β-unsaturated/α-hetero) is 2. The summed E-state index contributed by atoms with van der Waals surface area (Å²) in [7, 11) is 0. The third-order valence-corrected chi connectivity index (χ3v) is 5.25. The van der Waals surface area contributed by atoms with Crippen LogP contribution in [0.3, 0.4) is 0 Å². The predicted octanol–water partition coefficient (Wildman–Crippen LogP) is 4.52. The minimum absolute atomic E-state index is 0.124. The zero-order valence-electron chi connectivity index (χ0n) is 22.5. The molecular weight excluding hydrogens is 492 g/mol. The summed E-state index contributed by atoms with van der Waals surface area (Å²) in [6.07, 6.45) is 0.421. The van der Waals surface area contributed by atoms with Gasteiger partial charge in [-0.3, -0.25) is 9.59 Å². The van der Waals surface area contributed by atoms with Crippen LogP contribution in [0.2, 0.25) is 0 Å². The van der Waals surface area contributed by atoms with Crippen LogP contribution >= 0.6 is 0 Å². The third-order valence-electron chi connectivity index (χ3n) is 5.25. The molecule has 9 heteroatoms. The molecule has 0 saturated carbocycles. The lowest BCUT2D eigenvalue weighted by Crippen LogP contribution is -2.39. The van der Waals surface area contributed by atoms with Gasteiger partial charge in [0.05, 0.1) is 19.8 Å². The van der Waals surface area contributed by atoms with Crippen LogP contribution in [-0.4, -0.2) is 66.6 Å². The highest BCUT2D eigenvalue weighted by atomic mass is 16.7. The Balaban J connectivity index is 1.83. The topological polar surface area (TPSA) is 118 Å². The summed E-state index contributed by atoms with van der Waals surface area (Å²) in [5.74, 6) is -0.0954. The molecule has 206 valence electrons. The fraction of sp³-hybridized carbons (Fsp3) is 0.414. The molecule has 2 rings (SSSR count). The first kappa shape index (κ1) is 30.9. The molecule has 1 N–H and O–H groups in total. The Morgan fingerprint density at radius 1 is 0.842 bits per heavy atom. The van der Waals surface area contributed by atoms with Crippen molar-refractivity contribution in [3.63, 3.8) is 0 Å². The summed E-state index contributed by atoms with van der Waals surface area (Å²) < 4.78 is 27.3. The van der Waals surface area contributed by atoms with E-state index in [0.29, 0.717) is 22.6 Å². The molecule has 0 radical (unpaired) electrons. The Bertz CT molecular complexity index is 1080. The summed E-state index contributed by atoms with van der Waals surface area (Å²) in [4.78, 5) is 36.1. The van der Waals surface area contributed by atoms with E-state index >= 15 is 0 Å². The number of hydrogen-bond donors (Lipinski definition) is 1. The maximum absolute atomic E-state index is 13.0. The van der Waals surface area contributed by atoms with Gasteiger partial charge in [-0.2, -0.15) is 0 Å². The number of ketones is 2. The molecule has 0 aliphatic rings. The number of aliphatic hydroxyl groups is 1. The lowest BCUT2D eigenvalue weighted by molar-refractivity contribution is -0.180. The summed E-state index contributed by atoms with van der Waals surface area (Å²) in [6, 6.07) is 13.1. The second-order valence-electron chi connectivity index (χ2n) is 9.42. The average Bonchev–Trinajstić information content (AvgIpc) is 2.87. The average molecular weight is 529 g/mol. The second kappa shape index (κ2) is 14.0. The zero-order valence-corrected chi connectivity index (χ0v) is 22.5. The Hall–Kier alpha value is -3.37. The number of esters is 1. The molecule has 9 nitrogen and oxygen atoms in total. The van der Waals surface area contributed by atoms with Crippen molar-refractivity contribution in [1.29, 1.82) is 0 Å². The SMILES string of the molecule is C=CC(=O)OCCOCCOC(C)OC(C)(C)C(=O)c1ccc(Oc2ccc(C(=O)C(C)(C)O)cc2)cc1. The van der Waals surface area contributed by atoms with Gasteiger partial charge in [0.15, 0.2) is 17.9 Å². The quantitative estimate of drug-likeness (QED) is 0.110. The van der Waals surface area contributed by atoms with Crippen LogP contribution in [-0.2, 0) is 23.7 Å². The molecule has 1 atom stereocenters. The molecule has 0 bridgehead atoms. The summed E-state index contributed by atoms with van der Waals surface area (Å²) >= 11 is 0. The van der Waals surface area contributed by atoms with E-state index in [1.807, 2.05) is 0 Å². The third kappa shape index (κ3) is 9.83. The number of rotatable bonds is 16. The first-order valence-corrected chi connectivity index (χ1v) is 12.2. The van der Waals surface area contributed by atoms with E-state index in [-0.39, 0.29) is 38.0 Å². The first-order chi connectivity index (χ1) is 17.8. The van der Waals surface area contributed by atoms with Crippen LogP contribution in [0.15, 0.2) is 61.2 Å². The van der Waals surface area contributed by atoms with Crippen molar-refractivity contribution in [2.24, 2.45) is 0 Å². The molecule has 2 aromatic carbocycles. The predicted molar refractivity (Wildman–Crippen MR) is 140 cm³/mol. The van der Waals surface area contributed by atoms with E-state index in [1.54, 1.807) is 69.3 Å². The van der Waals surface area contributed by atoms with E-state index in [2.05, 4.69) is 6.58 Å². The Morgan fingerprint density at radius 2 is 1.34 bits per heavy atom. The van der Waals surface area contributed by atoms with E-state index in [1.165, 1.54) is 13.8 Å². The van der Waals surface area contributed by atoms with Crippen molar-refractivity contribution >= 4 is 17.5 Å². The Morgan fingerprint density at radius 3 is 1.84 bits per heavy atom. The molecule has 0 saturated heterocycles. The van der Waals surface area contributed by atoms with Crippen LogP contribution in [0.1, 0.15) is 55.3 Å². The maximum Gasteiger partial charge on any atom is 0.330 e. The number of carbonyl (C=O) groups is 3. The van der Waals surface area contributed by atoms with Crippen molar-refractivity contribution in [2.75, 3.05) is 26.4 Å². The Labute approximate surface area is 223 Å². The summed E-state index contributed by atoms with van der Waals surface area (Å²) in [5.41, 5.74) is -1.78. The fourth-order valence-electron chi connectivity index (χ4n) is 3.32. The molecule has 0 amide bonds. The van der Waals surface area contributed by atoms with Crippen LogP contribution in [0.25, 0.3) is 0 Å². The van der Waals surface area contributed by atoms with Crippen molar-refractivity contribution in [3.05, 3.63) is 72.3 Å². The Kier molecular flexibility index (Phi) is 11.3. The molecular formula is C29H36O9. The molecule has 0 fully saturated rings. The minimum atomic E-state index is -1.45. The monoisotopic (exact) mass is 528 g/mol. The van der Waals surface area contributed by atoms with Crippen LogP contribution < -0.4 is 4.74 Å². The van der Waals surface area contributed by atoms with Gasteiger partial charge in [0.25, 0.3) is 0 Å². The van der Waals surface area contributed by atoms with E-state index < -0.39 is 23.5 Å². The number of ether oxygens (including phenoxy) is 5. The fourth-order valence-corrected chi connectivity index (χ4v) is 3.32. The van der Waals surface area contributed by atoms with Crippen molar-refractivity contribution in [2.45, 2.75) is 52.1 Å². The van der Waals surface area contributed by atoms with Crippen LogP contribution in [0, 0.1) is 0 Å². The molecule has 0 heterocycles. The maximum atomic E-state index is 13.0. The standard InChI is InChI=1S/C29H36O9/c1-7-25(30)36-19-17-34-16-18-35-20(2)38-29(5,6)27(32)22-10-14-24(15-11-22)37-23-12-8-21(9-13-23)26(31)28(3,4)33/h7-15,20,33H,1,16-19H2,2-6H3.